The summed E-state index contributed by atoms with van der Waals surface area (Å²) in [7, 11) is 0. The van der Waals surface area contributed by atoms with Gasteiger partial charge in [-0.05, 0) is 60.7 Å². The Morgan fingerprint density at radius 3 is 2.75 bits per heavy atom. The molecule has 1 N–H and O–H groups in total. The summed E-state index contributed by atoms with van der Waals surface area (Å²) in [5, 5.41) is 4.11. The number of nitrogens with zero attached hydrogens (tertiary/aromatic N) is 3. The van der Waals surface area contributed by atoms with Gasteiger partial charge in [0.25, 0.3) is 0 Å². The number of aromatic nitrogens is 2. The van der Waals surface area contributed by atoms with Gasteiger partial charge in [0.15, 0.2) is 0 Å². The highest BCUT2D eigenvalue weighted by Crippen LogP contribution is 2.39. The van der Waals surface area contributed by atoms with E-state index in [0.29, 0.717) is 10.9 Å². The predicted molar refractivity (Wildman–Crippen MR) is 118 cm³/mol. The molecule has 4 nitrogen and oxygen atoms in total. The largest absolute Gasteiger partial charge is 0.352 e. The Morgan fingerprint density at radius 1 is 1.04 bits per heavy atom. The molecule has 142 valence electrons. The van der Waals surface area contributed by atoms with Crippen molar-refractivity contribution in [3.05, 3.63) is 75.0 Å². The van der Waals surface area contributed by atoms with Gasteiger partial charge >= 0.3 is 0 Å². The van der Waals surface area contributed by atoms with Gasteiger partial charge in [-0.2, -0.15) is 0 Å². The zero-order chi connectivity index (χ0) is 19.1. The molecule has 0 bridgehead atoms. The molecule has 1 fully saturated rings. The van der Waals surface area contributed by atoms with Gasteiger partial charge in [0.1, 0.15) is 17.5 Å². The van der Waals surface area contributed by atoms with Crippen LogP contribution in [0, 0.1) is 0 Å². The van der Waals surface area contributed by atoms with E-state index in [1.54, 1.807) is 0 Å². The van der Waals surface area contributed by atoms with Crippen LogP contribution in [0.15, 0.2) is 53.0 Å². The van der Waals surface area contributed by atoms with Crippen molar-refractivity contribution in [2.24, 2.45) is 0 Å². The van der Waals surface area contributed by atoms with E-state index in [9.17, 15) is 0 Å². The molecule has 28 heavy (non-hydrogen) atoms. The van der Waals surface area contributed by atoms with Crippen LogP contribution in [0.25, 0.3) is 0 Å². The van der Waals surface area contributed by atoms with Crippen molar-refractivity contribution in [3.63, 3.8) is 0 Å². The quantitative estimate of drug-likeness (QED) is 0.518. The molecule has 6 heteroatoms. The molecule has 5 rings (SSSR count). The molecule has 1 aliphatic heterocycles. The van der Waals surface area contributed by atoms with E-state index in [1.165, 1.54) is 24.0 Å². The molecule has 3 aromatic rings. The van der Waals surface area contributed by atoms with E-state index < -0.39 is 0 Å². The molecule has 0 spiro atoms. The molecule has 0 atom stereocenters. The first-order chi connectivity index (χ1) is 13.6. The maximum absolute atomic E-state index is 6.13. The molecule has 1 aromatic heterocycles. The lowest BCUT2D eigenvalue weighted by Crippen LogP contribution is -2.31. The van der Waals surface area contributed by atoms with Crippen molar-refractivity contribution in [1.29, 1.82) is 0 Å². The standard InChI is InChI=1S/C22H20BrClN4/c23-17-7-6-16-13-28(9-8-15(16)10-17)21-12-20(26-22(27-21)14-4-5-14)25-19-3-1-2-18(24)11-19/h1-3,6-7,10-12,14H,4-5,8-9,13H2,(H,25,26,27). The Morgan fingerprint density at radius 2 is 1.93 bits per heavy atom. The Kier molecular flexibility index (Phi) is 4.73. The van der Waals surface area contributed by atoms with E-state index >= 15 is 0 Å². The van der Waals surface area contributed by atoms with Crippen molar-refractivity contribution >= 4 is 44.9 Å². The van der Waals surface area contributed by atoms with Crippen molar-refractivity contribution in [2.45, 2.75) is 31.7 Å². The minimum Gasteiger partial charge on any atom is -0.352 e. The minimum atomic E-state index is 0.493. The molecule has 2 heterocycles. The van der Waals surface area contributed by atoms with Crippen LogP contribution in [0.3, 0.4) is 0 Å². The monoisotopic (exact) mass is 454 g/mol. The summed E-state index contributed by atoms with van der Waals surface area (Å²) in [6.07, 6.45) is 3.38. The van der Waals surface area contributed by atoms with Crippen molar-refractivity contribution in [3.8, 4) is 0 Å². The fraction of sp³-hybridized carbons (Fsp3) is 0.273. The summed E-state index contributed by atoms with van der Waals surface area (Å²) in [4.78, 5) is 12.0. The first-order valence-electron chi connectivity index (χ1n) is 9.58. The van der Waals surface area contributed by atoms with E-state index in [2.05, 4.69) is 50.4 Å². The average molecular weight is 456 g/mol. The third kappa shape index (κ3) is 3.87. The van der Waals surface area contributed by atoms with Gasteiger partial charge < -0.3 is 10.2 Å². The number of benzene rings is 2. The highest BCUT2D eigenvalue weighted by molar-refractivity contribution is 9.10. The summed E-state index contributed by atoms with van der Waals surface area (Å²) in [6, 6.07) is 16.3. The van der Waals surface area contributed by atoms with Crippen molar-refractivity contribution in [1.82, 2.24) is 9.97 Å². The van der Waals surface area contributed by atoms with E-state index in [4.69, 9.17) is 21.6 Å². The van der Waals surface area contributed by atoms with Crippen LogP contribution < -0.4 is 10.2 Å². The third-order valence-corrected chi connectivity index (χ3v) is 6.00. The molecule has 0 amide bonds. The number of nitrogens with one attached hydrogen (secondary N) is 1. The van der Waals surface area contributed by atoms with Crippen LogP contribution in [0.4, 0.5) is 17.3 Å². The number of halogens is 2. The second-order valence-corrected chi connectivity index (χ2v) is 8.82. The Bertz CT molecular complexity index is 1030. The molecule has 1 saturated carbocycles. The van der Waals surface area contributed by atoms with Crippen LogP contribution in [-0.4, -0.2) is 16.5 Å². The van der Waals surface area contributed by atoms with Gasteiger partial charge in [-0.1, -0.05) is 39.7 Å². The molecule has 1 aliphatic carbocycles. The van der Waals surface area contributed by atoms with Gasteiger partial charge in [-0.3, -0.25) is 0 Å². The topological polar surface area (TPSA) is 41.0 Å². The molecule has 0 radical (unpaired) electrons. The zero-order valence-corrected chi connectivity index (χ0v) is 17.7. The molecule has 2 aromatic carbocycles. The second-order valence-electron chi connectivity index (χ2n) is 7.46. The number of hydrogen-bond donors (Lipinski definition) is 1. The smallest absolute Gasteiger partial charge is 0.136 e. The summed E-state index contributed by atoms with van der Waals surface area (Å²) >= 11 is 9.71. The Hall–Kier alpha value is -2.11. The number of anilines is 3. The fourth-order valence-corrected chi connectivity index (χ4v) is 4.23. The first-order valence-corrected chi connectivity index (χ1v) is 10.7. The molecule has 2 aliphatic rings. The fourth-order valence-electron chi connectivity index (χ4n) is 3.63. The van der Waals surface area contributed by atoms with Gasteiger partial charge in [0, 0.05) is 40.3 Å². The summed E-state index contributed by atoms with van der Waals surface area (Å²) < 4.78 is 1.14. The third-order valence-electron chi connectivity index (χ3n) is 5.27. The second kappa shape index (κ2) is 7.37. The number of hydrogen-bond acceptors (Lipinski definition) is 4. The SMILES string of the molecule is Clc1cccc(Nc2cc(N3CCc4cc(Br)ccc4C3)nc(C3CC3)n2)c1. The number of rotatable bonds is 4. The highest BCUT2D eigenvalue weighted by Gasteiger charge is 2.28. The van der Waals surface area contributed by atoms with Gasteiger partial charge in [-0.25, -0.2) is 9.97 Å². The molecular weight excluding hydrogens is 436 g/mol. The maximum Gasteiger partial charge on any atom is 0.136 e. The lowest BCUT2D eigenvalue weighted by Gasteiger charge is -2.30. The first kappa shape index (κ1) is 18.0. The van der Waals surface area contributed by atoms with Crippen LogP contribution >= 0.6 is 27.5 Å². The van der Waals surface area contributed by atoms with E-state index in [-0.39, 0.29) is 0 Å². The van der Waals surface area contributed by atoms with Gasteiger partial charge in [0.2, 0.25) is 0 Å². The zero-order valence-electron chi connectivity index (χ0n) is 15.3. The summed E-state index contributed by atoms with van der Waals surface area (Å²) in [5.41, 5.74) is 3.72. The van der Waals surface area contributed by atoms with Crippen molar-refractivity contribution < 1.29 is 0 Å². The van der Waals surface area contributed by atoms with E-state index in [1.807, 2.05) is 24.3 Å². The van der Waals surface area contributed by atoms with Crippen molar-refractivity contribution in [2.75, 3.05) is 16.8 Å². The highest BCUT2D eigenvalue weighted by atomic mass is 79.9. The average Bonchev–Trinajstić information content (AvgIpc) is 3.53. The molecular formula is C22H20BrClN4. The normalized spacial score (nSPS) is 16.0. The van der Waals surface area contributed by atoms with Crippen LogP contribution in [0.1, 0.15) is 35.7 Å². The molecule has 0 saturated heterocycles. The summed E-state index contributed by atoms with van der Waals surface area (Å²) in [5.74, 6) is 3.27. The lowest BCUT2D eigenvalue weighted by atomic mass is 10.00. The van der Waals surface area contributed by atoms with Crippen LogP contribution in [0.2, 0.25) is 5.02 Å². The van der Waals surface area contributed by atoms with Crippen LogP contribution in [-0.2, 0) is 13.0 Å². The Balaban J connectivity index is 1.45. The maximum atomic E-state index is 6.13. The minimum absolute atomic E-state index is 0.493. The van der Waals surface area contributed by atoms with Gasteiger partial charge in [0.05, 0.1) is 0 Å². The molecule has 0 unspecified atom stereocenters. The van der Waals surface area contributed by atoms with Crippen LogP contribution in [0.5, 0.6) is 0 Å². The Labute approximate surface area is 178 Å². The number of fused-ring (bicyclic) bond motifs is 1. The summed E-state index contributed by atoms with van der Waals surface area (Å²) in [6.45, 7) is 1.83. The van der Waals surface area contributed by atoms with Gasteiger partial charge in [-0.15, -0.1) is 0 Å². The lowest BCUT2D eigenvalue weighted by molar-refractivity contribution is 0.714. The predicted octanol–water partition coefficient (Wildman–Crippen LogP) is 6.08. The van der Waals surface area contributed by atoms with E-state index in [0.717, 1.165) is 47.1 Å².